The minimum absolute atomic E-state index is 0.656. The first-order valence-electron chi connectivity index (χ1n) is 6.08. The molecule has 0 N–H and O–H groups in total. The molecule has 18 heavy (non-hydrogen) atoms. The van der Waals surface area contributed by atoms with Crippen molar-refractivity contribution in [2.75, 3.05) is 18.0 Å². The number of hydrogen-bond donors (Lipinski definition) is 0. The minimum Gasteiger partial charge on any atom is -0.351 e. The molecule has 1 aliphatic rings. The number of pyridine rings is 1. The van der Waals surface area contributed by atoms with Crippen molar-refractivity contribution in [2.45, 2.75) is 6.42 Å². The lowest BCUT2D eigenvalue weighted by molar-refractivity contribution is 0.807. The predicted molar refractivity (Wildman–Crippen MR) is 72.4 cm³/mol. The van der Waals surface area contributed by atoms with E-state index >= 15 is 0 Å². The molecule has 0 fully saturated rings. The largest absolute Gasteiger partial charge is 0.351 e. The topological polar surface area (TPSA) is 39.9 Å². The number of benzene rings is 1. The van der Waals surface area contributed by atoms with Gasteiger partial charge in [0.2, 0.25) is 0 Å². The summed E-state index contributed by atoms with van der Waals surface area (Å²) >= 11 is 0. The van der Waals surface area contributed by atoms with Crippen LogP contribution in [0.3, 0.4) is 0 Å². The van der Waals surface area contributed by atoms with E-state index in [-0.39, 0.29) is 0 Å². The molecule has 3 nitrogen and oxygen atoms in total. The van der Waals surface area contributed by atoms with Crippen LogP contribution in [0.1, 0.15) is 12.0 Å². The van der Waals surface area contributed by atoms with Gasteiger partial charge in [-0.05, 0) is 18.6 Å². The lowest BCUT2D eigenvalue weighted by Gasteiger charge is -2.25. The SMILES string of the molecule is N#Cc1cc2ccccc2nc1N1CC=CCC1. The van der Waals surface area contributed by atoms with Crippen LogP contribution in [0.25, 0.3) is 10.9 Å². The van der Waals surface area contributed by atoms with Crippen molar-refractivity contribution < 1.29 is 0 Å². The Morgan fingerprint density at radius 2 is 2.11 bits per heavy atom. The lowest BCUT2D eigenvalue weighted by atomic mass is 10.1. The van der Waals surface area contributed by atoms with Crippen LogP contribution in [0, 0.1) is 11.3 Å². The molecule has 0 aliphatic carbocycles. The summed E-state index contributed by atoms with van der Waals surface area (Å²) in [5.74, 6) is 0.806. The van der Waals surface area contributed by atoms with E-state index < -0.39 is 0 Å². The normalized spacial score (nSPS) is 14.7. The number of hydrogen-bond acceptors (Lipinski definition) is 3. The van der Waals surface area contributed by atoms with E-state index in [4.69, 9.17) is 0 Å². The van der Waals surface area contributed by atoms with Gasteiger partial charge in [-0.2, -0.15) is 5.26 Å². The third-order valence-electron chi connectivity index (χ3n) is 3.18. The van der Waals surface area contributed by atoms with Gasteiger partial charge in [0.05, 0.1) is 11.1 Å². The third kappa shape index (κ3) is 1.82. The third-order valence-corrected chi connectivity index (χ3v) is 3.18. The maximum Gasteiger partial charge on any atom is 0.147 e. The van der Waals surface area contributed by atoms with E-state index in [9.17, 15) is 5.26 Å². The lowest BCUT2D eigenvalue weighted by Crippen LogP contribution is -2.28. The van der Waals surface area contributed by atoms with Gasteiger partial charge in [0.15, 0.2) is 0 Å². The Kier molecular flexibility index (Phi) is 2.70. The fraction of sp³-hybridized carbons (Fsp3) is 0.200. The highest BCUT2D eigenvalue weighted by atomic mass is 15.2. The Labute approximate surface area is 106 Å². The average Bonchev–Trinajstić information content (AvgIpc) is 2.46. The van der Waals surface area contributed by atoms with Crippen molar-refractivity contribution in [1.82, 2.24) is 4.98 Å². The Morgan fingerprint density at radius 1 is 1.22 bits per heavy atom. The molecule has 0 saturated carbocycles. The van der Waals surface area contributed by atoms with Crippen molar-refractivity contribution in [3.05, 3.63) is 48.0 Å². The number of nitriles is 1. The molecular weight excluding hydrogens is 222 g/mol. The Balaban J connectivity index is 2.15. The molecule has 1 aromatic carbocycles. The molecule has 2 heterocycles. The second kappa shape index (κ2) is 4.50. The number of anilines is 1. The summed E-state index contributed by atoms with van der Waals surface area (Å²) in [5, 5.41) is 10.3. The van der Waals surface area contributed by atoms with Crippen LogP contribution in [0.4, 0.5) is 5.82 Å². The summed E-state index contributed by atoms with van der Waals surface area (Å²) in [6, 6.07) is 12.1. The molecule has 0 atom stereocenters. The molecule has 3 heteroatoms. The van der Waals surface area contributed by atoms with E-state index in [1.807, 2.05) is 30.3 Å². The first-order valence-corrected chi connectivity index (χ1v) is 6.08. The first-order chi connectivity index (χ1) is 8.88. The van der Waals surface area contributed by atoms with Gasteiger partial charge in [-0.25, -0.2) is 4.98 Å². The van der Waals surface area contributed by atoms with Crippen molar-refractivity contribution in [3.63, 3.8) is 0 Å². The molecule has 0 radical (unpaired) electrons. The maximum atomic E-state index is 9.27. The Hall–Kier alpha value is -2.34. The maximum absolute atomic E-state index is 9.27. The summed E-state index contributed by atoms with van der Waals surface area (Å²) < 4.78 is 0. The number of nitrogens with zero attached hydrogens (tertiary/aromatic N) is 3. The fourth-order valence-corrected chi connectivity index (χ4v) is 2.26. The molecule has 1 aromatic heterocycles. The summed E-state index contributed by atoms with van der Waals surface area (Å²) in [7, 11) is 0. The van der Waals surface area contributed by atoms with E-state index in [0.717, 1.165) is 36.2 Å². The molecule has 0 bridgehead atoms. The zero-order valence-electron chi connectivity index (χ0n) is 10.0. The molecular formula is C15H13N3. The quantitative estimate of drug-likeness (QED) is 0.713. The molecule has 1 aliphatic heterocycles. The van der Waals surface area contributed by atoms with Gasteiger partial charge in [-0.3, -0.25) is 0 Å². The average molecular weight is 235 g/mol. The molecule has 88 valence electrons. The first kappa shape index (κ1) is 10.8. The standard InChI is InChI=1S/C15H13N3/c16-11-13-10-12-6-2-3-7-14(12)17-15(13)18-8-4-1-5-9-18/h1-4,6-7,10H,5,8-9H2. The number of para-hydroxylation sites is 1. The van der Waals surface area contributed by atoms with Gasteiger partial charge in [-0.1, -0.05) is 30.4 Å². The zero-order chi connectivity index (χ0) is 12.4. The van der Waals surface area contributed by atoms with Gasteiger partial charge in [0, 0.05) is 18.5 Å². The van der Waals surface area contributed by atoms with Crippen molar-refractivity contribution in [2.24, 2.45) is 0 Å². The number of fused-ring (bicyclic) bond motifs is 1. The minimum atomic E-state index is 0.656. The Bertz CT molecular complexity index is 652. The summed E-state index contributed by atoms with van der Waals surface area (Å²) in [4.78, 5) is 6.80. The van der Waals surface area contributed by atoms with E-state index in [1.165, 1.54) is 0 Å². The molecule has 0 saturated heterocycles. The summed E-state index contributed by atoms with van der Waals surface area (Å²) in [5.41, 5.74) is 1.60. The number of rotatable bonds is 1. The molecule has 0 unspecified atom stereocenters. The second-order valence-corrected chi connectivity index (χ2v) is 4.37. The van der Waals surface area contributed by atoms with Gasteiger partial charge in [-0.15, -0.1) is 0 Å². The highest BCUT2D eigenvalue weighted by Crippen LogP contribution is 2.24. The van der Waals surface area contributed by atoms with E-state index in [2.05, 4.69) is 28.1 Å². The molecule has 0 amide bonds. The second-order valence-electron chi connectivity index (χ2n) is 4.37. The Morgan fingerprint density at radius 3 is 2.89 bits per heavy atom. The summed E-state index contributed by atoms with van der Waals surface area (Å²) in [6.07, 6.45) is 5.31. The molecule has 2 aromatic rings. The van der Waals surface area contributed by atoms with Crippen LogP contribution in [0.5, 0.6) is 0 Å². The van der Waals surface area contributed by atoms with Gasteiger partial charge in [0.25, 0.3) is 0 Å². The van der Waals surface area contributed by atoms with E-state index in [0.29, 0.717) is 5.56 Å². The van der Waals surface area contributed by atoms with E-state index in [1.54, 1.807) is 0 Å². The monoisotopic (exact) mass is 235 g/mol. The highest BCUT2D eigenvalue weighted by Gasteiger charge is 2.14. The van der Waals surface area contributed by atoms with Crippen LogP contribution in [0.2, 0.25) is 0 Å². The summed E-state index contributed by atoms with van der Waals surface area (Å²) in [6.45, 7) is 1.76. The van der Waals surface area contributed by atoms with Crippen LogP contribution < -0.4 is 4.90 Å². The van der Waals surface area contributed by atoms with Crippen LogP contribution in [-0.2, 0) is 0 Å². The predicted octanol–water partition coefficient (Wildman–Crippen LogP) is 2.87. The van der Waals surface area contributed by atoms with Crippen LogP contribution in [-0.4, -0.2) is 18.1 Å². The van der Waals surface area contributed by atoms with Gasteiger partial charge in [0.1, 0.15) is 11.9 Å². The molecule has 0 spiro atoms. The number of aromatic nitrogens is 1. The van der Waals surface area contributed by atoms with Crippen LogP contribution in [0.15, 0.2) is 42.5 Å². The van der Waals surface area contributed by atoms with Gasteiger partial charge < -0.3 is 4.90 Å². The fourth-order valence-electron chi connectivity index (χ4n) is 2.26. The van der Waals surface area contributed by atoms with Gasteiger partial charge >= 0.3 is 0 Å². The highest BCUT2D eigenvalue weighted by molar-refractivity contribution is 5.83. The zero-order valence-corrected chi connectivity index (χ0v) is 10.0. The van der Waals surface area contributed by atoms with Crippen molar-refractivity contribution >= 4 is 16.7 Å². The van der Waals surface area contributed by atoms with Crippen molar-refractivity contribution in [1.29, 1.82) is 5.26 Å². The smallest absolute Gasteiger partial charge is 0.147 e. The van der Waals surface area contributed by atoms with Crippen LogP contribution >= 0.6 is 0 Å². The van der Waals surface area contributed by atoms with Crippen molar-refractivity contribution in [3.8, 4) is 6.07 Å². The molecule has 3 rings (SSSR count).